The molecule has 0 saturated heterocycles. The van der Waals surface area contributed by atoms with Crippen LogP contribution >= 0.6 is 12.4 Å². The van der Waals surface area contributed by atoms with E-state index in [-0.39, 0.29) is 30.3 Å². The zero-order valence-corrected chi connectivity index (χ0v) is 14.4. The normalized spacial score (nSPS) is 12.3. The highest BCUT2D eigenvalue weighted by Crippen LogP contribution is 2.24. The van der Waals surface area contributed by atoms with E-state index in [0.29, 0.717) is 28.9 Å². The Morgan fingerprint density at radius 3 is 2.64 bits per heavy atom. The van der Waals surface area contributed by atoms with Gasteiger partial charge < -0.3 is 15.2 Å². The molecule has 22 heavy (non-hydrogen) atoms. The molecule has 2 aromatic rings. The summed E-state index contributed by atoms with van der Waals surface area (Å²) < 4.78 is 5.22. The highest BCUT2D eigenvalue weighted by Gasteiger charge is 2.19. The van der Waals surface area contributed by atoms with Crippen LogP contribution in [0.25, 0.3) is 11.1 Å². The molecule has 2 aromatic heterocycles. The molecular formula is C15H23ClN4O2. The molecule has 0 fully saturated rings. The van der Waals surface area contributed by atoms with Gasteiger partial charge in [-0.05, 0) is 32.9 Å². The van der Waals surface area contributed by atoms with Crippen LogP contribution in [0.1, 0.15) is 48.4 Å². The summed E-state index contributed by atoms with van der Waals surface area (Å²) in [6.07, 6.45) is 0. The average molecular weight is 327 g/mol. The minimum atomic E-state index is -0.127. The van der Waals surface area contributed by atoms with Gasteiger partial charge in [-0.2, -0.15) is 0 Å². The number of nitrogens with zero attached hydrogens (tertiary/aromatic N) is 2. The average Bonchev–Trinajstić information content (AvgIpc) is 2.84. The predicted octanol–water partition coefficient (Wildman–Crippen LogP) is 2.41. The van der Waals surface area contributed by atoms with Gasteiger partial charge in [0.15, 0.2) is 0 Å². The molecule has 0 radical (unpaired) electrons. The first kappa shape index (κ1) is 18.4. The molecule has 0 saturated carbocycles. The fourth-order valence-corrected chi connectivity index (χ4v) is 2.03. The topological polar surface area (TPSA) is 80.0 Å². The fraction of sp³-hybridized carbons (Fsp3) is 0.533. The molecule has 0 bridgehead atoms. The van der Waals surface area contributed by atoms with Gasteiger partial charge in [0.2, 0.25) is 0 Å². The summed E-state index contributed by atoms with van der Waals surface area (Å²) in [5, 5.41) is 10.6. The SMILES string of the molecule is CNC(C)CNC(=O)c1cc(C(C)C)nc2onc(C)c12.Cl. The Morgan fingerprint density at radius 1 is 1.36 bits per heavy atom. The lowest BCUT2D eigenvalue weighted by atomic mass is 10.0. The van der Waals surface area contributed by atoms with Gasteiger partial charge in [-0.25, -0.2) is 4.98 Å². The third-order valence-electron chi connectivity index (χ3n) is 3.53. The molecule has 0 spiro atoms. The quantitative estimate of drug-likeness (QED) is 0.882. The second kappa shape index (κ2) is 7.56. The Morgan fingerprint density at radius 2 is 2.05 bits per heavy atom. The largest absolute Gasteiger partial charge is 0.350 e. The number of carbonyl (C=O) groups is 1. The standard InChI is InChI=1S/C15H22N4O2.ClH/c1-8(2)12-6-11(14(20)17-7-9(3)16-5)13-10(4)19-21-15(13)18-12;/h6,8-9,16H,7H2,1-5H3,(H,17,20);1H. The van der Waals surface area contributed by atoms with Crippen molar-refractivity contribution in [3.8, 4) is 0 Å². The third kappa shape index (κ3) is 3.75. The van der Waals surface area contributed by atoms with Crippen LogP contribution in [0.4, 0.5) is 0 Å². The first-order valence-corrected chi connectivity index (χ1v) is 7.16. The number of amides is 1. The Kier molecular flexibility index (Phi) is 6.32. The summed E-state index contributed by atoms with van der Waals surface area (Å²) in [6, 6.07) is 2.04. The molecule has 2 rings (SSSR count). The molecule has 0 aromatic carbocycles. The van der Waals surface area contributed by atoms with Crippen LogP contribution < -0.4 is 10.6 Å². The minimum Gasteiger partial charge on any atom is -0.350 e. The van der Waals surface area contributed by atoms with Gasteiger partial charge in [0.05, 0.1) is 16.6 Å². The number of halogens is 1. The Balaban J connectivity index is 0.00000242. The second-order valence-corrected chi connectivity index (χ2v) is 5.60. The molecular weight excluding hydrogens is 304 g/mol. The molecule has 0 aliphatic rings. The summed E-state index contributed by atoms with van der Waals surface area (Å²) in [4.78, 5) is 16.9. The third-order valence-corrected chi connectivity index (χ3v) is 3.53. The van der Waals surface area contributed by atoms with Crippen LogP contribution in [-0.2, 0) is 0 Å². The van der Waals surface area contributed by atoms with Crippen molar-refractivity contribution in [3.05, 3.63) is 23.0 Å². The van der Waals surface area contributed by atoms with Crippen LogP contribution in [0.2, 0.25) is 0 Å². The Labute approximate surface area is 136 Å². The van der Waals surface area contributed by atoms with Crippen LogP contribution in [0, 0.1) is 6.92 Å². The number of fused-ring (bicyclic) bond motifs is 1. The maximum absolute atomic E-state index is 12.5. The lowest BCUT2D eigenvalue weighted by molar-refractivity contribution is 0.0952. The maximum Gasteiger partial charge on any atom is 0.259 e. The van der Waals surface area contributed by atoms with Crippen molar-refractivity contribution < 1.29 is 9.32 Å². The van der Waals surface area contributed by atoms with Crippen LogP contribution in [0.5, 0.6) is 0 Å². The van der Waals surface area contributed by atoms with Gasteiger partial charge in [0.25, 0.3) is 11.6 Å². The van der Waals surface area contributed by atoms with Crippen molar-refractivity contribution in [2.45, 2.75) is 39.7 Å². The Hall–Kier alpha value is -1.66. The number of nitrogens with one attached hydrogen (secondary N) is 2. The van der Waals surface area contributed by atoms with Gasteiger partial charge in [-0.15, -0.1) is 12.4 Å². The number of carbonyl (C=O) groups excluding carboxylic acids is 1. The summed E-state index contributed by atoms with van der Waals surface area (Å²) in [6.45, 7) is 8.44. The van der Waals surface area contributed by atoms with Gasteiger partial charge in [0, 0.05) is 18.3 Å². The maximum atomic E-state index is 12.5. The first-order chi connectivity index (χ1) is 9.93. The van der Waals surface area contributed by atoms with E-state index in [4.69, 9.17) is 4.52 Å². The number of hydrogen-bond acceptors (Lipinski definition) is 5. The van der Waals surface area contributed by atoms with Gasteiger partial charge in [-0.3, -0.25) is 4.79 Å². The number of likely N-dealkylation sites (N-methyl/N-ethyl adjacent to an activating group) is 1. The number of aromatic nitrogens is 2. The van der Waals surface area contributed by atoms with Crippen molar-refractivity contribution in [2.75, 3.05) is 13.6 Å². The molecule has 0 aliphatic heterocycles. The van der Waals surface area contributed by atoms with E-state index in [1.54, 1.807) is 0 Å². The zero-order valence-electron chi connectivity index (χ0n) is 13.6. The summed E-state index contributed by atoms with van der Waals surface area (Å²) in [5.41, 5.74) is 2.50. The van der Waals surface area contributed by atoms with Crippen molar-refractivity contribution in [2.24, 2.45) is 0 Å². The highest BCUT2D eigenvalue weighted by atomic mass is 35.5. The van der Waals surface area contributed by atoms with Crippen molar-refractivity contribution in [1.29, 1.82) is 0 Å². The van der Waals surface area contributed by atoms with Crippen LogP contribution in [0.3, 0.4) is 0 Å². The first-order valence-electron chi connectivity index (χ1n) is 7.16. The Bertz CT molecular complexity index is 654. The van der Waals surface area contributed by atoms with E-state index in [1.807, 2.05) is 40.8 Å². The van der Waals surface area contributed by atoms with E-state index >= 15 is 0 Å². The van der Waals surface area contributed by atoms with E-state index in [0.717, 1.165) is 5.69 Å². The highest BCUT2D eigenvalue weighted by molar-refractivity contribution is 6.06. The molecule has 1 unspecified atom stereocenters. The smallest absolute Gasteiger partial charge is 0.259 e. The summed E-state index contributed by atoms with van der Waals surface area (Å²) in [5.74, 6) is 0.0836. The van der Waals surface area contributed by atoms with Crippen molar-refractivity contribution in [3.63, 3.8) is 0 Å². The predicted molar refractivity (Wildman–Crippen MR) is 88.7 cm³/mol. The lowest BCUT2D eigenvalue weighted by Gasteiger charge is -2.13. The minimum absolute atomic E-state index is 0. The van der Waals surface area contributed by atoms with E-state index < -0.39 is 0 Å². The molecule has 2 N–H and O–H groups in total. The van der Waals surface area contributed by atoms with Crippen LogP contribution in [-0.4, -0.2) is 35.7 Å². The molecule has 1 amide bonds. The molecule has 7 heteroatoms. The number of hydrogen-bond donors (Lipinski definition) is 2. The van der Waals surface area contributed by atoms with Crippen molar-refractivity contribution >= 4 is 29.4 Å². The number of pyridine rings is 1. The van der Waals surface area contributed by atoms with Gasteiger partial charge in [0.1, 0.15) is 0 Å². The van der Waals surface area contributed by atoms with Gasteiger partial charge in [-0.1, -0.05) is 19.0 Å². The summed E-state index contributed by atoms with van der Waals surface area (Å²) in [7, 11) is 1.86. The summed E-state index contributed by atoms with van der Waals surface area (Å²) >= 11 is 0. The number of rotatable bonds is 5. The molecule has 0 aliphatic carbocycles. The number of aryl methyl sites for hydroxylation is 1. The van der Waals surface area contributed by atoms with E-state index in [9.17, 15) is 4.79 Å². The van der Waals surface area contributed by atoms with Gasteiger partial charge >= 0.3 is 0 Å². The molecule has 122 valence electrons. The lowest BCUT2D eigenvalue weighted by Crippen LogP contribution is -2.37. The van der Waals surface area contributed by atoms with Crippen LogP contribution in [0.15, 0.2) is 10.6 Å². The molecule has 1 atom stereocenters. The van der Waals surface area contributed by atoms with Crippen molar-refractivity contribution in [1.82, 2.24) is 20.8 Å². The van der Waals surface area contributed by atoms with E-state index in [2.05, 4.69) is 20.8 Å². The molecule has 6 nitrogen and oxygen atoms in total. The van der Waals surface area contributed by atoms with E-state index in [1.165, 1.54) is 0 Å². The second-order valence-electron chi connectivity index (χ2n) is 5.60. The molecule has 2 heterocycles. The zero-order chi connectivity index (χ0) is 15.6. The fourth-order valence-electron chi connectivity index (χ4n) is 2.03. The monoisotopic (exact) mass is 326 g/mol.